The number of nitrogens with zero attached hydrogens (tertiary/aromatic N) is 4. The summed E-state index contributed by atoms with van der Waals surface area (Å²) in [5, 5.41) is 17.9. The molecule has 0 bridgehead atoms. The van der Waals surface area contributed by atoms with Gasteiger partial charge in [0.15, 0.2) is 0 Å². The maximum Gasteiger partial charge on any atom is 0.345 e. The van der Waals surface area contributed by atoms with E-state index >= 15 is 0 Å². The minimum Gasteiger partial charge on any atom is -0.506 e. The molecule has 7 heteroatoms. The molecule has 0 saturated heterocycles. The van der Waals surface area contributed by atoms with Crippen LogP contribution in [0.2, 0.25) is 0 Å². The normalized spacial score (nSPS) is 20.8. The first-order valence-electron chi connectivity index (χ1n) is 8.93. The molecule has 0 spiro atoms. The van der Waals surface area contributed by atoms with Crippen molar-refractivity contribution in [3.8, 4) is 5.75 Å². The maximum atomic E-state index is 11.9. The van der Waals surface area contributed by atoms with Crippen molar-refractivity contribution in [1.29, 1.82) is 0 Å². The van der Waals surface area contributed by atoms with Gasteiger partial charge in [0.1, 0.15) is 11.6 Å². The highest BCUT2D eigenvalue weighted by molar-refractivity contribution is 5.27. The Morgan fingerprint density at radius 3 is 2.76 bits per heavy atom. The molecule has 1 fully saturated rings. The van der Waals surface area contributed by atoms with E-state index < -0.39 is 0 Å². The van der Waals surface area contributed by atoms with Crippen LogP contribution in [0.1, 0.15) is 42.9 Å². The first-order chi connectivity index (χ1) is 12.0. The van der Waals surface area contributed by atoms with Crippen molar-refractivity contribution < 1.29 is 5.11 Å². The summed E-state index contributed by atoms with van der Waals surface area (Å²) in [6.45, 7) is 2.48. The van der Waals surface area contributed by atoms with Crippen molar-refractivity contribution in [2.75, 3.05) is 0 Å². The lowest BCUT2D eigenvalue weighted by Gasteiger charge is -2.32. The summed E-state index contributed by atoms with van der Waals surface area (Å²) in [5.74, 6) is 1.50. The molecule has 0 aliphatic heterocycles. The molecule has 2 heterocycles. The Labute approximate surface area is 147 Å². The maximum absolute atomic E-state index is 11.9. The van der Waals surface area contributed by atoms with Crippen molar-refractivity contribution in [1.82, 2.24) is 24.6 Å². The lowest BCUT2D eigenvalue weighted by molar-refractivity contribution is 0.253. The fourth-order valence-corrected chi connectivity index (χ4v) is 3.70. The smallest absolute Gasteiger partial charge is 0.345 e. The van der Waals surface area contributed by atoms with Gasteiger partial charge in [-0.15, -0.1) is 0 Å². The Bertz CT molecular complexity index is 795. The Morgan fingerprint density at radius 2 is 2.04 bits per heavy atom. The number of rotatable bonds is 5. The quantitative estimate of drug-likeness (QED) is 0.856. The summed E-state index contributed by atoms with van der Waals surface area (Å²) < 4.78 is 3.04. The van der Waals surface area contributed by atoms with E-state index in [1.807, 2.05) is 13.0 Å². The first-order valence-corrected chi connectivity index (χ1v) is 8.93. The van der Waals surface area contributed by atoms with Crippen molar-refractivity contribution in [3.63, 3.8) is 0 Å². The Hall–Kier alpha value is -2.15. The number of hydrogen-bond donors (Lipinski definition) is 2. The molecule has 3 rings (SSSR count). The predicted octanol–water partition coefficient (Wildman–Crippen LogP) is 1.42. The van der Waals surface area contributed by atoms with Gasteiger partial charge in [-0.05, 0) is 37.8 Å². The van der Waals surface area contributed by atoms with E-state index in [2.05, 4.69) is 15.4 Å². The summed E-state index contributed by atoms with van der Waals surface area (Å²) >= 11 is 0. The van der Waals surface area contributed by atoms with Gasteiger partial charge in [0.2, 0.25) is 0 Å². The van der Waals surface area contributed by atoms with E-state index in [1.165, 1.54) is 17.5 Å². The molecular formula is C18H27N5O2. The molecule has 1 aliphatic rings. The van der Waals surface area contributed by atoms with Gasteiger partial charge >= 0.3 is 5.69 Å². The van der Waals surface area contributed by atoms with Crippen LogP contribution in [0.25, 0.3) is 0 Å². The number of nitrogens with one attached hydrogen (secondary N) is 1. The molecule has 0 amide bonds. The van der Waals surface area contributed by atoms with E-state index in [4.69, 9.17) is 0 Å². The van der Waals surface area contributed by atoms with Crippen LogP contribution in [-0.4, -0.2) is 30.5 Å². The minimum absolute atomic E-state index is 0.0794. The molecule has 2 atom stereocenters. The molecule has 2 aromatic heterocycles. The minimum atomic E-state index is -0.0794. The van der Waals surface area contributed by atoms with E-state index in [9.17, 15) is 9.90 Å². The average Bonchev–Trinajstić information content (AvgIpc) is 2.84. The zero-order chi connectivity index (χ0) is 18.0. The first kappa shape index (κ1) is 17.7. The molecular weight excluding hydrogens is 318 g/mol. The largest absolute Gasteiger partial charge is 0.506 e. The van der Waals surface area contributed by atoms with Crippen LogP contribution < -0.4 is 11.0 Å². The lowest BCUT2D eigenvalue weighted by atomic mass is 9.82. The third-order valence-corrected chi connectivity index (χ3v) is 5.19. The van der Waals surface area contributed by atoms with Crippen molar-refractivity contribution in [2.45, 2.75) is 51.6 Å². The molecule has 136 valence electrons. The summed E-state index contributed by atoms with van der Waals surface area (Å²) in [7, 11) is 3.47. The molecule has 25 heavy (non-hydrogen) atoms. The number of aryl methyl sites for hydroxylation is 2. The van der Waals surface area contributed by atoms with Gasteiger partial charge in [-0.25, -0.2) is 9.48 Å². The zero-order valence-corrected chi connectivity index (χ0v) is 15.2. The Kier molecular flexibility index (Phi) is 5.22. The van der Waals surface area contributed by atoms with Crippen LogP contribution in [0.4, 0.5) is 0 Å². The molecule has 0 unspecified atom stereocenters. The third kappa shape index (κ3) is 3.92. The molecule has 0 radical (unpaired) electrons. The molecule has 2 aromatic rings. The average molecular weight is 345 g/mol. The second-order valence-corrected chi connectivity index (χ2v) is 7.04. The SMILES string of the molecule is Cc1ccc(O)c(CN[C@@H]2CCCC[C@@H]2Cc2nn(C)c(=O)n2C)n1. The zero-order valence-electron chi connectivity index (χ0n) is 15.2. The van der Waals surface area contributed by atoms with Gasteiger partial charge in [-0.2, -0.15) is 5.10 Å². The molecule has 1 aliphatic carbocycles. The van der Waals surface area contributed by atoms with E-state index in [0.717, 1.165) is 30.8 Å². The van der Waals surface area contributed by atoms with Gasteiger partial charge in [0, 0.05) is 38.8 Å². The highest BCUT2D eigenvalue weighted by Gasteiger charge is 2.27. The number of aromatic nitrogens is 4. The van der Waals surface area contributed by atoms with Crippen molar-refractivity contribution in [3.05, 3.63) is 39.8 Å². The summed E-state index contributed by atoms with van der Waals surface area (Å²) in [6, 6.07) is 3.85. The second-order valence-electron chi connectivity index (χ2n) is 7.04. The monoisotopic (exact) mass is 345 g/mol. The van der Waals surface area contributed by atoms with Crippen LogP contribution in [0.15, 0.2) is 16.9 Å². The van der Waals surface area contributed by atoms with Crippen LogP contribution in [-0.2, 0) is 27.1 Å². The lowest BCUT2D eigenvalue weighted by Crippen LogP contribution is -2.39. The molecule has 1 saturated carbocycles. The predicted molar refractivity (Wildman–Crippen MR) is 95.4 cm³/mol. The van der Waals surface area contributed by atoms with Gasteiger partial charge in [-0.3, -0.25) is 9.55 Å². The van der Waals surface area contributed by atoms with Crippen LogP contribution in [0, 0.1) is 12.8 Å². The van der Waals surface area contributed by atoms with Crippen molar-refractivity contribution >= 4 is 0 Å². The fraction of sp³-hybridized carbons (Fsp3) is 0.611. The molecule has 7 nitrogen and oxygen atoms in total. The van der Waals surface area contributed by atoms with Crippen LogP contribution in [0.3, 0.4) is 0 Å². The number of hydrogen-bond acceptors (Lipinski definition) is 5. The summed E-state index contributed by atoms with van der Waals surface area (Å²) in [5.41, 5.74) is 1.51. The highest BCUT2D eigenvalue weighted by Crippen LogP contribution is 2.27. The van der Waals surface area contributed by atoms with Gasteiger partial charge in [0.25, 0.3) is 0 Å². The summed E-state index contributed by atoms with van der Waals surface area (Å²) in [6.07, 6.45) is 5.41. The fourth-order valence-electron chi connectivity index (χ4n) is 3.70. The van der Waals surface area contributed by atoms with E-state index in [1.54, 1.807) is 24.7 Å². The third-order valence-electron chi connectivity index (χ3n) is 5.19. The van der Waals surface area contributed by atoms with E-state index in [0.29, 0.717) is 24.2 Å². The number of aromatic hydroxyl groups is 1. The number of pyridine rings is 1. The Morgan fingerprint density at radius 1 is 1.28 bits per heavy atom. The van der Waals surface area contributed by atoms with E-state index in [-0.39, 0.29) is 11.4 Å². The van der Waals surface area contributed by atoms with Gasteiger partial charge in [0.05, 0.1) is 5.69 Å². The second kappa shape index (κ2) is 7.39. The topological polar surface area (TPSA) is 85.0 Å². The summed E-state index contributed by atoms with van der Waals surface area (Å²) in [4.78, 5) is 16.3. The highest BCUT2D eigenvalue weighted by atomic mass is 16.3. The van der Waals surface area contributed by atoms with Gasteiger partial charge < -0.3 is 10.4 Å². The van der Waals surface area contributed by atoms with Crippen molar-refractivity contribution in [2.24, 2.45) is 20.0 Å². The van der Waals surface area contributed by atoms with Gasteiger partial charge in [-0.1, -0.05) is 12.8 Å². The Balaban J connectivity index is 1.69. The molecule has 0 aromatic carbocycles. The van der Waals surface area contributed by atoms with Crippen LogP contribution in [0.5, 0.6) is 5.75 Å². The standard InChI is InChI=1S/C18H27N5O2/c1-12-8-9-16(24)15(20-12)11-19-14-7-5-4-6-13(14)10-17-21-23(3)18(25)22(17)2/h8-9,13-14,19,24H,4-7,10-11H2,1-3H3/t13-,14-/m1/s1. The molecule has 2 N–H and O–H groups in total. The van der Waals surface area contributed by atoms with Crippen LogP contribution >= 0.6 is 0 Å².